The largest absolute Gasteiger partial charge is 0.494 e. The maximum atomic E-state index is 8.76. The Kier molecular flexibility index (Phi) is 6.61. The molecule has 3 rings (SSSR count). The van der Waals surface area contributed by atoms with Crippen LogP contribution in [0.25, 0.3) is 0 Å². The van der Waals surface area contributed by atoms with E-state index >= 15 is 0 Å². The summed E-state index contributed by atoms with van der Waals surface area (Å²) in [6, 6.07) is 11.6. The third-order valence-corrected chi connectivity index (χ3v) is 4.05. The van der Waals surface area contributed by atoms with E-state index < -0.39 is 0 Å². The lowest BCUT2D eigenvalue weighted by Crippen LogP contribution is -2.04. The fourth-order valence-corrected chi connectivity index (χ4v) is 2.60. The van der Waals surface area contributed by atoms with Crippen LogP contribution in [0.3, 0.4) is 0 Å². The van der Waals surface area contributed by atoms with Crippen molar-refractivity contribution in [3.63, 3.8) is 0 Å². The molecule has 1 aromatic carbocycles. The van der Waals surface area contributed by atoms with Crippen molar-refractivity contribution in [2.24, 2.45) is 0 Å². The number of benzene rings is 1. The van der Waals surface area contributed by atoms with Crippen molar-refractivity contribution >= 4 is 0 Å². The van der Waals surface area contributed by atoms with Gasteiger partial charge in [0.25, 0.3) is 0 Å². The Morgan fingerprint density at radius 3 is 2.52 bits per heavy atom. The summed E-state index contributed by atoms with van der Waals surface area (Å²) >= 11 is 0. The Hall–Kier alpha value is -3.10. The third-order valence-electron chi connectivity index (χ3n) is 4.05. The van der Waals surface area contributed by atoms with E-state index in [1.807, 2.05) is 48.8 Å². The van der Waals surface area contributed by atoms with E-state index in [1.165, 1.54) is 0 Å². The number of aromatic nitrogens is 3. The molecule has 0 radical (unpaired) electrons. The molecule has 0 saturated carbocycles. The van der Waals surface area contributed by atoms with Gasteiger partial charge in [-0.1, -0.05) is 18.8 Å². The third kappa shape index (κ3) is 5.44. The Bertz CT molecular complexity index is 903. The summed E-state index contributed by atoms with van der Waals surface area (Å²) in [7, 11) is 0. The van der Waals surface area contributed by atoms with Crippen molar-refractivity contribution < 1.29 is 9.84 Å². The maximum absolute atomic E-state index is 8.76. The van der Waals surface area contributed by atoms with Gasteiger partial charge in [0, 0.05) is 49.2 Å². The van der Waals surface area contributed by atoms with Gasteiger partial charge in [0.2, 0.25) is 0 Å². The first kappa shape index (κ1) is 18.7. The zero-order valence-electron chi connectivity index (χ0n) is 15.4. The van der Waals surface area contributed by atoms with Crippen LogP contribution in [0.5, 0.6) is 5.75 Å². The van der Waals surface area contributed by atoms with Gasteiger partial charge >= 0.3 is 0 Å². The number of aryl methyl sites for hydroxylation is 1. The Balaban J connectivity index is 1.60. The van der Waals surface area contributed by atoms with E-state index in [2.05, 4.69) is 33.3 Å². The normalized spacial score (nSPS) is 10.3. The number of imidazole rings is 1. The fraction of sp³-hybridized carbons (Fsp3) is 0.273. The van der Waals surface area contributed by atoms with E-state index in [9.17, 15) is 0 Å². The smallest absolute Gasteiger partial charge is 0.119 e. The number of aliphatic hydroxyl groups is 1. The van der Waals surface area contributed by atoms with Crippen molar-refractivity contribution in [1.29, 1.82) is 0 Å². The van der Waals surface area contributed by atoms with E-state index in [0.29, 0.717) is 19.6 Å². The van der Waals surface area contributed by atoms with Crippen molar-refractivity contribution in [3.05, 3.63) is 77.6 Å². The average Bonchev–Trinajstić information content (AvgIpc) is 3.16. The zero-order chi connectivity index (χ0) is 18.9. The van der Waals surface area contributed by atoms with Gasteiger partial charge in [0.05, 0.1) is 18.8 Å². The van der Waals surface area contributed by atoms with Crippen LogP contribution in [0.1, 0.15) is 36.0 Å². The second-order valence-electron chi connectivity index (χ2n) is 6.06. The van der Waals surface area contributed by atoms with Crippen LogP contribution in [-0.4, -0.2) is 32.9 Å². The number of aliphatic hydroxyl groups excluding tert-OH is 1. The molecule has 0 aliphatic carbocycles. The van der Waals surface area contributed by atoms with Crippen LogP contribution in [0.2, 0.25) is 0 Å². The molecule has 2 aromatic heterocycles. The SMILES string of the molecule is CCc1nccn1Cc1ccc(C#Cc2ccc(OCCCO)cc2)cn1. The molecule has 0 aliphatic rings. The van der Waals surface area contributed by atoms with Crippen LogP contribution < -0.4 is 4.74 Å². The first-order valence-electron chi connectivity index (χ1n) is 9.09. The van der Waals surface area contributed by atoms with Crippen LogP contribution in [0, 0.1) is 11.8 Å². The summed E-state index contributed by atoms with van der Waals surface area (Å²) in [6.45, 7) is 3.46. The Morgan fingerprint density at radius 1 is 1.04 bits per heavy atom. The minimum Gasteiger partial charge on any atom is -0.494 e. The molecule has 2 heterocycles. The molecule has 0 amide bonds. The predicted molar refractivity (Wildman–Crippen MR) is 105 cm³/mol. The van der Waals surface area contributed by atoms with Gasteiger partial charge < -0.3 is 14.4 Å². The van der Waals surface area contributed by atoms with Crippen LogP contribution in [0.4, 0.5) is 0 Å². The highest BCUT2D eigenvalue weighted by Gasteiger charge is 2.02. The molecule has 0 saturated heterocycles. The van der Waals surface area contributed by atoms with Crippen molar-refractivity contribution in [2.75, 3.05) is 13.2 Å². The van der Waals surface area contributed by atoms with Gasteiger partial charge in [-0.05, 0) is 36.4 Å². The van der Waals surface area contributed by atoms with Gasteiger partial charge in [-0.15, -0.1) is 0 Å². The molecular formula is C22H23N3O2. The quantitative estimate of drug-likeness (QED) is 0.519. The molecule has 3 aromatic rings. The lowest BCUT2D eigenvalue weighted by Gasteiger charge is -2.05. The molecule has 0 atom stereocenters. The minimum atomic E-state index is 0.137. The molecular weight excluding hydrogens is 338 g/mol. The monoisotopic (exact) mass is 361 g/mol. The van der Waals surface area contributed by atoms with Crippen LogP contribution >= 0.6 is 0 Å². The number of ether oxygens (including phenoxy) is 1. The van der Waals surface area contributed by atoms with Crippen molar-refractivity contribution in [2.45, 2.75) is 26.3 Å². The number of hydrogen-bond acceptors (Lipinski definition) is 4. The fourth-order valence-electron chi connectivity index (χ4n) is 2.60. The van der Waals surface area contributed by atoms with Gasteiger partial charge in [-0.3, -0.25) is 4.98 Å². The Labute approximate surface area is 159 Å². The Morgan fingerprint density at radius 2 is 1.81 bits per heavy atom. The first-order chi connectivity index (χ1) is 13.3. The van der Waals surface area contributed by atoms with Crippen molar-refractivity contribution in [1.82, 2.24) is 14.5 Å². The molecule has 1 N–H and O–H groups in total. The number of rotatable bonds is 7. The number of hydrogen-bond donors (Lipinski definition) is 1. The number of nitrogens with zero attached hydrogens (tertiary/aromatic N) is 3. The summed E-state index contributed by atoms with van der Waals surface area (Å²) < 4.78 is 7.62. The summed E-state index contributed by atoms with van der Waals surface area (Å²) in [5.74, 6) is 8.12. The molecule has 0 aliphatic heterocycles. The first-order valence-corrected chi connectivity index (χ1v) is 9.09. The second kappa shape index (κ2) is 9.56. The minimum absolute atomic E-state index is 0.137. The van der Waals surface area contributed by atoms with Gasteiger partial charge in [0.15, 0.2) is 0 Å². The molecule has 27 heavy (non-hydrogen) atoms. The van der Waals surface area contributed by atoms with E-state index in [-0.39, 0.29) is 6.61 Å². The average molecular weight is 361 g/mol. The molecule has 0 unspecified atom stereocenters. The zero-order valence-corrected chi connectivity index (χ0v) is 15.4. The maximum Gasteiger partial charge on any atom is 0.119 e. The molecule has 0 bridgehead atoms. The summed E-state index contributed by atoms with van der Waals surface area (Å²) in [6.07, 6.45) is 7.14. The highest BCUT2D eigenvalue weighted by atomic mass is 16.5. The van der Waals surface area contributed by atoms with E-state index in [4.69, 9.17) is 9.84 Å². The van der Waals surface area contributed by atoms with Gasteiger partial charge in [-0.2, -0.15) is 0 Å². The van der Waals surface area contributed by atoms with Crippen molar-refractivity contribution in [3.8, 4) is 17.6 Å². The summed E-state index contributed by atoms with van der Waals surface area (Å²) in [5.41, 5.74) is 2.78. The van der Waals surface area contributed by atoms with Crippen LogP contribution in [-0.2, 0) is 13.0 Å². The summed E-state index contributed by atoms with van der Waals surface area (Å²) in [4.78, 5) is 8.84. The lowest BCUT2D eigenvalue weighted by molar-refractivity contribution is 0.233. The highest BCUT2D eigenvalue weighted by Crippen LogP contribution is 2.12. The van der Waals surface area contributed by atoms with E-state index in [0.717, 1.165) is 34.8 Å². The topological polar surface area (TPSA) is 60.2 Å². The lowest BCUT2D eigenvalue weighted by atomic mass is 10.2. The summed E-state index contributed by atoms with van der Waals surface area (Å²) in [5, 5.41) is 8.76. The molecule has 5 heteroatoms. The molecule has 0 fully saturated rings. The predicted octanol–water partition coefficient (Wildman–Crippen LogP) is 3.05. The highest BCUT2D eigenvalue weighted by molar-refractivity contribution is 5.43. The standard InChI is InChI=1S/C22H23N3O2/c1-2-22-23-12-13-25(22)17-20-9-6-19(16-24-20)5-4-18-7-10-21(11-8-18)27-15-3-14-26/h6-13,16,26H,2-3,14-15,17H2,1H3. The second-order valence-corrected chi connectivity index (χ2v) is 6.06. The van der Waals surface area contributed by atoms with Crippen LogP contribution in [0.15, 0.2) is 55.0 Å². The van der Waals surface area contributed by atoms with Gasteiger partial charge in [0.1, 0.15) is 11.6 Å². The molecule has 0 spiro atoms. The van der Waals surface area contributed by atoms with Gasteiger partial charge in [-0.25, -0.2) is 4.98 Å². The van der Waals surface area contributed by atoms with E-state index in [1.54, 1.807) is 6.20 Å². The molecule has 138 valence electrons. The number of pyridine rings is 1. The molecule has 5 nitrogen and oxygen atoms in total.